The first-order valence-corrected chi connectivity index (χ1v) is 8.38. The van der Waals surface area contributed by atoms with E-state index in [-0.39, 0.29) is 23.8 Å². The molecule has 132 valence electrons. The van der Waals surface area contributed by atoms with Crippen LogP contribution in [0.1, 0.15) is 41.0 Å². The maximum atomic E-state index is 12.2. The van der Waals surface area contributed by atoms with Crippen molar-refractivity contribution >= 4 is 17.5 Å². The molecule has 0 aliphatic rings. The smallest absolute Gasteiger partial charge is 0.255 e. The zero-order valence-corrected chi connectivity index (χ0v) is 14.5. The molecule has 0 bridgehead atoms. The second-order valence-electron chi connectivity index (χ2n) is 6.30. The fraction of sp³-hybridized carbons (Fsp3) is 0.300. The van der Waals surface area contributed by atoms with Gasteiger partial charge in [-0.05, 0) is 55.7 Å². The molecule has 2 atom stereocenters. The maximum Gasteiger partial charge on any atom is 0.255 e. The van der Waals surface area contributed by atoms with E-state index >= 15 is 0 Å². The van der Waals surface area contributed by atoms with E-state index in [1.54, 1.807) is 31.2 Å². The Bertz CT molecular complexity index is 697. The van der Waals surface area contributed by atoms with Crippen LogP contribution in [0, 0.1) is 5.92 Å². The van der Waals surface area contributed by atoms with E-state index in [0.29, 0.717) is 24.1 Å². The van der Waals surface area contributed by atoms with Crippen LogP contribution in [-0.4, -0.2) is 29.6 Å². The summed E-state index contributed by atoms with van der Waals surface area (Å²) in [5.74, 6) is -0.212. The maximum absolute atomic E-state index is 12.2. The molecule has 2 amide bonds. The van der Waals surface area contributed by atoms with Crippen LogP contribution in [0.5, 0.6) is 0 Å². The molecule has 0 radical (unpaired) electrons. The Morgan fingerprint density at radius 3 is 2.04 bits per heavy atom. The van der Waals surface area contributed by atoms with Crippen molar-refractivity contribution in [2.24, 2.45) is 5.92 Å². The van der Waals surface area contributed by atoms with Crippen LogP contribution in [0.2, 0.25) is 0 Å². The Morgan fingerprint density at radius 1 is 0.920 bits per heavy atom. The lowest BCUT2D eigenvalue weighted by Gasteiger charge is -2.14. The number of carbonyl (C=O) groups is 2. The number of benzene rings is 2. The highest BCUT2D eigenvalue weighted by Crippen LogP contribution is 2.10. The van der Waals surface area contributed by atoms with Gasteiger partial charge in [-0.25, -0.2) is 0 Å². The third kappa shape index (κ3) is 6.04. The molecule has 0 saturated carbocycles. The van der Waals surface area contributed by atoms with E-state index in [1.807, 2.05) is 37.3 Å². The Labute approximate surface area is 148 Å². The predicted octanol–water partition coefficient (Wildman–Crippen LogP) is 3.08. The van der Waals surface area contributed by atoms with E-state index in [9.17, 15) is 14.7 Å². The average molecular weight is 340 g/mol. The molecule has 5 nitrogen and oxygen atoms in total. The number of amides is 2. The van der Waals surface area contributed by atoms with Crippen molar-refractivity contribution in [3.8, 4) is 0 Å². The normalized spacial score (nSPS) is 12.9. The van der Waals surface area contributed by atoms with Crippen molar-refractivity contribution in [2.75, 3.05) is 11.9 Å². The highest BCUT2D eigenvalue weighted by molar-refractivity contribution is 6.05. The lowest BCUT2D eigenvalue weighted by atomic mass is 10.0. The fourth-order valence-corrected chi connectivity index (χ4v) is 2.53. The third-order valence-electron chi connectivity index (χ3n) is 3.80. The van der Waals surface area contributed by atoms with Gasteiger partial charge < -0.3 is 15.7 Å². The molecule has 2 aromatic carbocycles. The zero-order valence-electron chi connectivity index (χ0n) is 14.5. The summed E-state index contributed by atoms with van der Waals surface area (Å²) >= 11 is 0. The molecule has 25 heavy (non-hydrogen) atoms. The van der Waals surface area contributed by atoms with E-state index in [1.165, 1.54) is 0 Å². The van der Waals surface area contributed by atoms with Gasteiger partial charge in [0.2, 0.25) is 0 Å². The topological polar surface area (TPSA) is 78.4 Å². The van der Waals surface area contributed by atoms with Gasteiger partial charge in [-0.1, -0.05) is 25.1 Å². The van der Waals surface area contributed by atoms with Crippen molar-refractivity contribution in [1.82, 2.24) is 5.32 Å². The number of carbonyl (C=O) groups excluding carboxylic acids is 2. The molecule has 5 heteroatoms. The molecule has 0 saturated heterocycles. The quantitative estimate of drug-likeness (QED) is 0.725. The molecule has 2 aromatic rings. The first-order valence-electron chi connectivity index (χ1n) is 8.38. The first kappa shape index (κ1) is 18.7. The van der Waals surface area contributed by atoms with Gasteiger partial charge in [0.05, 0.1) is 6.10 Å². The summed E-state index contributed by atoms with van der Waals surface area (Å²) in [6.45, 7) is 4.21. The summed E-state index contributed by atoms with van der Waals surface area (Å²) in [6, 6.07) is 15.7. The summed E-state index contributed by atoms with van der Waals surface area (Å²) < 4.78 is 0. The van der Waals surface area contributed by atoms with Crippen molar-refractivity contribution in [1.29, 1.82) is 0 Å². The highest BCUT2D eigenvalue weighted by Gasteiger charge is 2.11. The lowest BCUT2D eigenvalue weighted by molar-refractivity contribution is 0.0938. The summed E-state index contributed by atoms with van der Waals surface area (Å²) in [5, 5.41) is 15.0. The second kappa shape index (κ2) is 8.99. The third-order valence-corrected chi connectivity index (χ3v) is 3.80. The summed E-state index contributed by atoms with van der Waals surface area (Å²) in [4.78, 5) is 24.3. The Kier molecular flexibility index (Phi) is 6.71. The SMILES string of the molecule is CC(O)CC(C)CNC(=O)c1ccc(C(=O)Nc2ccccc2)cc1. The molecule has 0 spiro atoms. The van der Waals surface area contributed by atoms with Gasteiger partial charge in [0, 0.05) is 23.4 Å². The molecule has 0 fully saturated rings. The van der Waals surface area contributed by atoms with Crippen molar-refractivity contribution < 1.29 is 14.7 Å². The monoisotopic (exact) mass is 340 g/mol. The Hall–Kier alpha value is -2.66. The van der Waals surface area contributed by atoms with Crippen LogP contribution in [0.3, 0.4) is 0 Å². The summed E-state index contributed by atoms with van der Waals surface area (Å²) in [6.07, 6.45) is 0.258. The van der Waals surface area contributed by atoms with Gasteiger partial charge >= 0.3 is 0 Å². The van der Waals surface area contributed by atoms with E-state index in [2.05, 4.69) is 10.6 Å². The number of rotatable bonds is 7. The number of anilines is 1. The van der Waals surface area contributed by atoms with E-state index in [0.717, 1.165) is 5.69 Å². The zero-order chi connectivity index (χ0) is 18.2. The van der Waals surface area contributed by atoms with Crippen molar-refractivity contribution in [2.45, 2.75) is 26.4 Å². The van der Waals surface area contributed by atoms with Gasteiger partial charge in [-0.3, -0.25) is 9.59 Å². The second-order valence-corrected chi connectivity index (χ2v) is 6.30. The van der Waals surface area contributed by atoms with Gasteiger partial charge in [0.15, 0.2) is 0 Å². The highest BCUT2D eigenvalue weighted by atomic mass is 16.3. The molecule has 3 N–H and O–H groups in total. The number of aliphatic hydroxyl groups excluding tert-OH is 1. The molecular formula is C20H24N2O3. The molecule has 0 aromatic heterocycles. The van der Waals surface area contributed by atoms with Gasteiger partial charge in [0.1, 0.15) is 0 Å². The molecule has 2 unspecified atom stereocenters. The van der Waals surface area contributed by atoms with Crippen LogP contribution in [-0.2, 0) is 0 Å². The van der Waals surface area contributed by atoms with Crippen LogP contribution >= 0.6 is 0 Å². The minimum Gasteiger partial charge on any atom is -0.393 e. The minimum absolute atomic E-state index is 0.188. The van der Waals surface area contributed by atoms with Gasteiger partial charge in [-0.15, -0.1) is 0 Å². The lowest BCUT2D eigenvalue weighted by Crippen LogP contribution is -2.29. The van der Waals surface area contributed by atoms with E-state index < -0.39 is 0 Å². The van der Waals surface area contributed by atoms with Crippen LogP contribution in [0.4, 0.5) is 5.69 Å². The largest absolute Gasteiger partial charge is 0.393 e. The average Bonchev–Trinajstić information content (AvgIpc) is 2.60. The number of aliphatic hydroxyl groups is 1. The van der Waals surface area contributed by atoms with Gasteiger partial charge in [-0.2, -0.15) is 0 Å². The molecule has 0 aliphatic heterocycles. The standard InChI is InChI=1S/C20H24N2O3/c1-14(12-15(2)23)13-21-19(24)16-8-10-17(11-9-16)20(25)22-18-6-4-3-5-7-18/h3-11,14-15,23H,12-13H2,1-2H3,(H,21,24)(H,22,25). The van der Waals surface area contributed by atoms with E-state index in [4.69, 9.17) is 0 Å². The van der Waals surface area contributed by atoms with Crippen LogP contribution in [0.25, 0.3) is 0 Å². The van der Waals surface area contributed by atoms with Crippen LogP contribution < -0.4 is 10.6 Å². The molecule has 0 aliphatic carbocycles. The minimum atomic E-state index is -0.380. The number of hydrogen-bond acceptors (Lipinski definition) is 3. The summed E-state index contributed by atoms with van der Waals surface area (Å²) in [5.41, 5.74) is 1.71. The van der Waals surface area contributed by atoms with Crippen LogP contribution in [0.15, 0.2) is 54.6 Å². The Morgan fingerprint density at radius 2 is 1.48 bits per heavy atom. The Balaban J connectivity index is 1.90. The molecule has 2 rings (SSSR count). The number of hydrogen-bond donors (Lipinski definition) is 3. The fourth-order valence-electron chi connectivity index (χ4n) is 2.53. The molecular weight excluding hydrogens is 316 g/mol. The van der Waals surface area contributed by atoms with Crippen molar-refractivity contribution in [3.05, 3.63) is 65.7 Å². The number of para-hydroxylation sites is 1. The van der Waals surface area contributed by atoms with Crippen molar-refractivity contribution in [3.63, 3.8) is 0 Å². The van der Waals surface area contributed by atoms with Gasteiger partial charge in [0.25, 0.3) is 11.8 Å². The first-order chi connectivity index (χ1) is 12.0. The molecule has 0 heterocycles. The number of nitrogens with one attached hydrogen (secondary N) is 2. The predicted molar refractivity (Wildman–Crippen MR) is 98.6 cm³/mol. The summed E-state index contributed by atoms with van der Waals surface area (Å²) in [7, 11) is 0.